The normalized spacial score (nSPS) is 15.4. The first kappa shape index (κ1) is 36.2. The van der Waals surface area contributed by atoms with E-state index in [1.54, 1.807) is 60.7 Å². The molecule has 0 saturated heterocycles. The lowest BCUT2D eigenvalue weighted by molar-refractivity contribution is 0.274. The molecule has 298 valence electrons. The summed E-state index contributed by atoms with van der Waals surface area (Å²) in [4.78, 5) is 18.4. The summed E-state index contributed by atoms with van der Waals surface area (Å²) in [5, 5.41) is 58.3. The van der Waals surface area contributed by atoms with Crippen molar-refractivity contribution in [3.8, 4) is 67.5 Å². The van der Waals surface area contributed by atoms with Gasteiger partial charge in [-0.2, -0.15) is 5.10 Å². The van der Waals surface area contributed by atoms with Crippen LogP contribution in [0.5, 0.6) is 23.0 Å². The van der Waals surface area contributed by atoms with E-state index in [0.29, 0.717) is 30.0 Å². The highest BCUT2D eigenvalue weighted by Crippen LogP contribution is 2.50. The number of aromatic hydroxyl groups is 4. The SMILES string of the molecule is OCc1cc2n(n1)CC1c3nc(c(-c4cccc(O)c4)c4ccc([nH]4)c(-c4cccc(O)c4)c4nc(c(-c5cccc(O)c5)c5ccc([nH]5)c3-c3cccc(O)c3)C=C4)C1C2. The number of H-pyrrole nitrogens is 2. The van der Waals surface area contributed by atoms with E-state index in [4.69, 9.17) is 15.1 Å². The number of aromatic nitrogens is 6. The molecular formula is C50H38N6O5. The van der Waals surface area contributed by atoms with Gasteiger partial charge in [0.15, 0.2) is 0 Å². The van der Waals surface area contributed by atoms with Crippen LogP contribution in [0.15, 0.2) is 127 Å². The van der Waals surface area contributed by atoms with E-state index in [1.165, 1.54) is 0 Å². The molecule has 11 rings (SSSR count). The maximum absolute atomic E-state index is 10.9. The molecule has 2 atom stereocenters. The summed E-state index contributed by atoms with van der Waals surface area (Å²) in [7, 11) is 0. The van der Waals surface area contributed by atoms with Crippen molar-refractivity contribution >= 4 is 34.2 Å². The Morgan fingerprint density at radius 1 is 0.508 bits per heavy atom. The number of aliphatic hydroxyl groups excluding tert-OH is 1. The van der Waals surface area contributed by atoms with Crippen molar-refractivity contribution in [3.63, 3.8) is 0 Å². The molecule has 8 aromatic rings. The van der Waals surface area contributed by atoms with Crippen molar-refractivity contribution in [1.82, 2.24) is 29.7 Å². The third-order valence-corrected chi connectivity index (χ3v) is 12.0. The summed E-state index contributed by atoms with van der Waals surface area (Å²) in [6.45, 7) is 0.303. The molecule has 4 aromatic carbocycles. The lowest BCUT2D eigenvalue weighted by Crippen LogP contribution is -2.24. The average Bonchev–Trinajstić information content (AvgIpc) is 4.11. The van der Waals surface area contributed by atoms with Crippen LogP contribution in [0, 0.1) is 0 Å². The Balaban J connectivity index is 1.35. The molecule has 8 bridgehead atoms. The Morgan fingerprint density at radius 3 is 1.38 bits per heavy atom. The summed E-state index contributed by atoms with van der Waals surface area (Å²) in [5.41, 5.74) is 13.6. The molecule has 61 heavy (non-hydrogen) atoms. The van der Waals surface area contributed by atoms with Gasteiger partial charge < -0.3 is 35.5 Å². The predicted molar refractivity (Wildman–Crippen MR) is 236 cm³/mol. The summed E-state index contributed by atoms with van der Waals surface area (Å²) in [6, 6.07) is 38.6. The van der Waals surface area contributed by atoms with Crippen LogP contribution < -0.4 is 0 Å². The van der Waals surface area contributed by atoms with Gasteiger partial charge in [-0.25, -0.2) is 4.98 Å². The summed E-state index contributed by atoms with van der Waals surface area (Å²) < 4.78 is 1.97. The summed E-state index contributed by atoms with van der Waals surface area (Å²) in [6.07, 6.45) is 4.50. The zero-order valence-corrected chi connectivity index (χ0v) is 32.6. The number of nitrogens with zero attached hydrogens (tertiary/aromatic N) is 4. The van der Waals surface area contributed by atoms with Crippen molar-refractivity contribution in [2.45, 2.75) is 31.4 Å². The number of aromatic amines is 2. The third kappa shape index (κ3) is 6.21. The Hall–Kier alpha value is -7.89. The smallest absolute Gasteiger partial charge is 0.116 e. The van der Waals surface area contributed by atoms with E-state index in [2.05, 4.69) is 9.97 Å². The predicted octanol–water partition coefficient (Wildman–Crippen LogP) is 9.79. The molecule has 0 saturated carbocycles. The van der Waals surface area contributed by atoms with Gasteiger partial charge in [0.1, 0.15) is 23.0 Å². The lowest BCUT2D eigenvalue weighted by Gasteiger charge is -2.28. The van der Waals surface area contributed by atoms with E-state index in [0.717, 1.165) is 83.7 Å². The van der Waals surface area contributed by atoms with Gasteiger partial charge in [-0.1, -0.05) is 48.5 Å². The maximum Gasteiger partial charge on any atom is 0.116 e. The second kappa shape index (κ2) is 14.1. The van der Waals surface area contributed by atoms with Crippen LogP contribution in [0.1, 0.15) is 46.0 Å². The zero-order chi connectivity index (χ0) is 41.4. The van der Waals surface area contributed by atoms with Crippen LogP contribution in [-0.2, 0) is 19.6 Å². The summed E-state index contributed by atoms with van der Waals surface area (Å²) in [5.74, 6) is 0.0968. The molecule has 0 aliphatic carbocycles. The molecule has 3 aliphatic heterocycles. The van der Waals surface area contributed by atoms with E-state index >= 15 is 0 Å². The van der Waals surface area contributed by atoms with E-state index in [1.807, 2.05) is 83.6 Å². The fraction of sp³-hybridized carbons (Fsp3) is 0.100. The Bertz CT molecular complexity index is 3080. The molecule has 7 heterocycles. The van der Waals surface area contributed by atoms with E-state index in [-0.39, 0.29) is 41.4 Å². The molecule has 0 spiro atoms. The van der Waals surface area contributed by atoms with Gasteiger partial charge in [0.05, 0.1) is 41.6 Å². The number of phenols is 4. The van der Waals surface area contributed by atoms with Crippen LogP contribution >= 0.6 is 0 Å². The number of fused-ring (bicyclic) bond motifs is 12. The molecule has 3 aliphatic rings. The van der Waals surface area contributed by atoms with Gasteiger partial charge in [0.25, 0.3) is 0 Å². The first-order valence-corrected chi connectivity index (χ1v) is 20.1. The van der Waals surface area contributed by atoms with Crippen molar-refractivity contribution < 1.29 is 25.5 Å². The summed E-state index contributed by atoms with van der Waals surface area (Å²) >= 11 is 0. The van der Waals surface area contributed by atoms with Crippen LogP contribution in [0.3, 0.4) is 0 Å². The monoisotopic (exact) mass is 802 g/mol. The van der Waals surface area contributed by atoms with Gasteiger partial charge in [-0.15, -0.1) is 0 Å². The van der Waals surface area contributed by atoms with Gasteiger partial charge >= 0.3 is 0 Å². The second-order valence-corrected chi connectivity index (χ2v) is 15.8. The molecule has 7 N–H and O–H groups in total. The van der Waals surface area contributed by atoms with Crippen molar-refractivity contribution in [3.05, 3.63) is 162 Å². The first-order chi connectivity index (χ1) is 29.8. The fourth-order valence-electron chi connectivity index (χ4n) is 9.36. The van der Waals surface area contributed by atoms with Crippen molar-refractivity contribution in [2.24, 2.45) is 0 Å². The van der Waals surface area contributed by atoms with Crippen LogP contribution in [0.2, 0.25) is 0 Å². The van der Waals surface area contributed by atoms with Crippen molar-refractivity contribution in [2.75, 3.05) is 0 Å². The minimum atomic E-state index is -0.196. The van der Waals surface area contributed by atoms with Gasteiger partial charge in [-0.3, -0.25) is 9.67 Å². The standard InChI is InChI=1S/C50H38N6O5/c57-26-31-23-32-24-37-38(25-56(32)55-31)50-48(30-8-4-12-36(61)22-30)44-18-16-42(53-44)46(28-6-2-10-34(59)20-28)40-14-13-39(51-40)45(27-5-1-9-33(58)19-27)41-15-17-43(52-41)47(49(37)54-50)29-7-3-11-35(60)21-29/h1-23,37-38,52-53,57-61H,24-26H2. The minimum absolute atomic E-state index is 0.110. The molecule has 4 aromatic heterocycles. The Labute approximate surface area is 348 Å². The highest BCUT2D eigenvalue weighted by atomic mass is 16.3. The molecule has 11 nitrogen and oxygen atoms in total. The van der Waals surface area contributed by atoms with Crippen LogP contribution in [-0.4, -0.2) is 55.2 Å². The van der Waals surface area contributed by atoms with E-state index < -0.39 is 0 Å². The molecular weight excluding hydrogens is 765 g/mol. The number of phenolic OH excluding ortho intramolecular Hbond substituents is 4. The van der Waals surface area contributed by atoms with Gasteiger partial charge in [0, 0.05) is 61.9 Å². The zero-order valence-electron chi connectivity index (χ0n) is 32.6. The number of nitrogens with one attached hydrogen (secondary N) is 2. The first-order valence-electron chi connectivity index (χ1n) is 20.1. The largest absolute Gasteiger partial charge is 0.508 e. The third-order valence-electron chi connectivity index (χ3n) is 12.0. The highest BCUT2D eigenvalue weighted by molar-refractivity contribution is 5.97. The molecule has 0 radical (unpaired) electrons. The number of hydrogen-bond donors (Lipinski definition) is 7. The molecule has 2 unspecified atom stereocenters. The molecule has 0 fully saturated rings. The number of benzene rings is 4. The fourth-order valence-corrected chi connectivity index (χ4v) is 9.36. The Morgan fingerprint density at radius 2 is 0.934 bits per heavy atom. The molecule has 0 amide bonds. The number of hydrogen-bond acceptors (Lipinski definition) is 8. The lowest BCUT2D eigenvalue weighted by atomic mass is 9.80. The van der Waals surface area contributed by atoms with Crippen LogP contribution in [0.25, 0.3) is 78.7 Å². The second-order valence-electron chi connectivity index (χ2n) is 15.8. The maximum atomic E-state index is 10.9. The van der Waals surface area contributed by atoms with Gasteiger partial charge in [0.2, 0.25) is 0 Å². The average molecular weight is 803 g/mol. The quantitative estimate of drug-likeness (QED) is 0.0900. The number of aliphatic hydroxyl groups is 1. The van der Waals surface area contributed by atoms with E-state index in [9.17, 15) is 25.5 Å². The number of rotatable bonds is 5. The highest BCUT2D eigenvalue weighted by Gasteiger charge is 2.41. The molecule has 11 heteroatoms. The topological polar surface area (TPSA) is 176 Å². The minimum Gasteiger partial charge on any atom is -0.508 e. The Kier molecular flexibility index (Phi) is 8.39. The van der Waals surface area contributed by atoms with Gasteiger partial charge in [-0.05, 0) is 120 Å². The van der Waals surface area contributed by atoms with Crippen LogP contribution in [0.4, 0.5) is 0 Å². The van der Waals surface area contributed by atoms with Crippen molar-refractivity contribution in [1.29, 1.82) is 0 Å².